The third-order valence-corrected chi connectivity index (χ3v) is 22.1. The highest BCUT2D eigenvalue weighted by molar-refractivity contribution is 5.99. The minimum Gasteiger partial charge on any atom is -0.310 e. The first-order valence-corrected chi connectivity index (χ1v) is 33.3. The van der Waals surface area contributed by atoms with Crippen molar-refractivity contribution in [2.45, 2.75) is 48.9 Å². The lowest BCUT2D eigenvalue weighted by Gasteiger charge is -2.33. The molecule has 0 N–H and O–H groups in total. The van der Waals surface area contributed by atoms with Crippen LogP contribution in [0, 0.1) is 0 Å². The zero-order valence-corrected chi connectivity index (χ0v) is 52.9. The molecule has 0 fully saturated rings. The van der Waals surface area contributed by atoms with E-state index in [0.29, 0.717) is 0 Å². The van der Waals surface area contributed by atoms with Crippen LogP contribution in [0.5, 0.6) is 0 Å². The molecule has 0 radical (unpaired) electrons. The molecule has 0 bridgehead atoms. The van der Waals surface area contributed by atoms with Crippen LogP contribution in [0.1, 0.15) is 88.4 Å². The van der Waals surface area contributed by atoms with Crippen molar-refractivity contribution in [3.05, 3.63) is 395 Å². The topological polar surface area (TPSA) is 6.48 Å². The van der Waals surface area contributed by atoms with E-state index in [-0.39, 0.29) is 10.8 Å². The molecule has 2 nitrogen and oxygen atoms in total. The molecule has 19 rings (SSSR count). The summed E-state index contributed by atoms with van der Waals surface area (Å²) in [5.41, 5.74) is 35.2. The Bertz CT molecular complexity index is 5280. The van der Waals surface area contributed by atoms with Crippen molar-refractivity contribution in [2.75, 3.05) is 9.80 Å². The smallest absolute Gasteiger partial charge is 0.0726 e. The molecule has 0 aliphatic heterocycles. The fourth-order valence-electron chi connectivity index (χ4n) is 18.2. The standard InChI is InChI=1S/C92H66N2/c1-89(2)59-90(3,64-27-22-28-67(55-64)93(65-45-41-62(42-46-65)60-23-6-4-7-24-60)68-49-52-77-75-33-14-20-39-83(75)91(86(77)56-68)79-35-16-10-29-71(79)72-30-11-17-36-80(72)91)85-54-51-70(58-88(85)89)94(66-47-43-63(44-48-66)61-25-8-5-9-26-61)69-50-53-78-76-34-15-21-40-84(76)92(87(78)57-69)81-37-18-12-31-73(81)74-32-13-19-38-82(74)92/h4-58H,59H2,1-3H3. The van der Waals surface area contributed by atoms with Crippen LogP contribution >= 0.6 is 0 Å². The van der Waals surface area contributed by atoms with Crippen LogP contribution in [0.2, 0.25) is 0 Å². The van der Waals surface area contributed by atoms with Crippen LogP contribution in [0.15, 0.2) is 334 Å². The first-order chi connectivity index (χ1) is 46.2. The van der Waals surface area contributed by atoms with Gasteiger partial charge in [0.2, 0.25) is 0 Å². The summed E-state index contributed by atoms with van der Waals surface area (Å²) in [5.74, 6) is 0. The number of rotatable bonds is 9. The van der Waals surface area contributed by atoms with Crippen LogP contribution in [0.25, 0.3) is 66.8 Å². The zero-order chi connectivity index (χ0) is 62.5. The molecule has 2 heteroatoms. The number of benzene rings is 14. The zero-order valence-electron chi connectivity index (χ0n) is 52.9. The molecule has 2 spiro atoms. The number of fused-ring (bicyclic) bond motifs is 21. The Kier molecular flexibility index (Phi) is 11.8. The summed E-state index contributed by atoms with van der Waals surface area (Å²) in [7, 11) is 0. The molecule has 14 aromatic rings. The lowest BCUT2D eigenvalue weighted by atomic mass is 9.70. The molecule has 5 aliphatic carbocycles. The minimum absolute atomic E-state index is 0.177. The van der Waals surface area contributed by atoms with Crippen molar-refractivity contribution < 1.29 is 0 Å². The SMILES string of the molecule is CC1(C)CC(C)(c2cccc(N(c3ccc(-c4ccccc4)cc3)c3ccc4c(c3)C3(c5ccccc5-c5ccccc53)c3ccccc3-4)c2)c2ccc(N(c3ccc(-c4ccccc4)cc3)c3ccc4c(c3)C3(c5ccccc5-c5ccccc53)c3ccccc3-4)cc21. The predicted octanol–water partition coefficient (Wildman–Crippen LogP) is 23.6. The van der Waals surface area contributed by atoms with E-state index in [9.17, 15) is 0 Å². The third kappa shape index (κ3) is 7.60. The Balaban J connectivity index is 0.759. The van der Waals surface area contributed by atoms with Gasteiger partial charge in [-0.15, -0.1) is 0 Å². The maximum Gasteiger partial charge on any atom is 0.0726 e. The summed E-state index contributed by atoms with van der Waals surface area (Å²) >= 11 is 0. The molecular weight excluding hydrogens is 1130 g/mol. The second kappa shape index (κ2) is 20.3. The van der Waals surface area contributed by atoms with Crippen molar-refractivity contribution in [3.63, 3.8) is 0 Å². The van der Waals surface area contributed by atoms with Gasteiger partial charge in [0.25, 0.3) is 0 Å². The van der Waals surface area contributed by atoms with Gasteiger partial charge in [-0.25, -0.2) is 0 Å². The monoisotopic (exact) mass is 1200 g/mol. The van der Waals surface area contributed by atoms with Crippen molar-refractivity contribution in [3.8, 4) is 66.8 Å². The average molecular weight is 1200 g/mol. The Morgan fingerprint density at radius 2 is 0.511 bits per heavy atom. The first kappa shape index (κ1) is 54.4. The quantitative estimate of drug-likeness (QED) is 0.142. The van der Waals surface area contributed by atoms with E-state index in [1.807, 2.05) is 0 Å². The van der Waals surface area contributed by atoms with Crippen molar-refractivity contribution >= 4 is 34.1 Å². The van der Waals surface area contributed by atoms with E-state index < -0.39 is 10.8 Å². The maximum absolute atomic E-state index is 2.53. The summed E-state index contributed by atoms with van der Waals surface area (Å²) in [6.45, 7) is 7.43. The van der Waals surface area contributed by atoms with Gasteiger partial charge in [-0.05, 0) is 213 Å². The van der Waals surface area contributed by atoms with Crippen molar-refractivity contribution in [1.82, 2.24) is 0 Å². The van der Waals surface area contributed by atoms with Gasteiger partial charge in [0.15, 0.2) is 0 Å². The Labute approximate surface area is 551 Å². The summed E-state index contributed by atoms with van der Waals surface area (Å²) in [6.07, 6.45) is 0.941. The highest BCUT2D eigenvalue weighted by atomic mass is 15.1. The Hall–Kier alpha value is -11.3. The normalized spacial score (nSPS) is 16.1. The van der Waals surface area contributed by atoms with Crippen molar-refractivity contribution in [1.29, 1.82) is 0 Å². The van der Waals surface area contributed by atoms with Gasteiger partial charge >= 0.3 is 0 Å². The van der Waals surface area contributed by atoms with E-state index >= 15 is 0 Å². The van der Waals surface area contributed by atoms with Gasteiger partial charge in [-0.1, -0.05) is 282 Å². The van der Waals surface area contributed by atoms with Crippen LogP contribution < -0.4 is 9.80 Å². The minimum atomic E-state index is -0.477. The molecule has 0 aromatic heterocycles. The van der Waals surface area contributed by atoms with Crippen LogP contribution in [-0.2, 0) is 21.7 Å². The fourth-order valence-corrected chi connectivity index (χ4v) is 18.2. The molecule has 0 saturated carbocycles. The molecule has 5 aliphatic rings. The van der Waals surface area contributed by atoms with Crippen LogP contribution in [-0.4, -0.2) is 0 Å². The van der Waals surface area contributed by atoms with Gasteiger partial charge in [-0.3, -0.25) is 0 Å². The molecular formula is C92H66N2. The summed E-state index contributed by atoms with van der Waals surface area (Å²) in [6, 6.07) is 126. The van der Waals surface area contributed by atoms with Gasteiger partial charge in [-0.2, -0.15) is 0 Å². The molecule has 1 unspecified atom stereocenters. The van der Waals surface area contributed by atoms with Gasteiger partial charge in [0, 0.05) is 39.5 Å². The molecule has 0 heterocycles. The number of nitrogens with zero attached hydrogens (tertiary/aromatic N) is 2. The average Bonchev–Trinajstić information content (AvgIpc) is 1.52. The first-order valence-electron chi connectivity index (χ1n) is 33.3. The van der Waals surface area contributed by atoms with Gasteiger partial charge < -0.3 is 9.80 Å². The van der Waals surface area contributed by atoms with E-state index in [2.05, 4.69) is 364 Å². The highest BCUT2D eigenvalue weighted by Gasteiger charge is 2.54. The summed E-state index contributed by atoms with van der Waals surface area (Å²) in [5, 5.41) is 0. The molecule has 14 aromatic carbocycles. The number of anilines is 6. The van der Waals surface area contributed by atoms with Crippen LogP contribution in [0.4, 0.5) is 34.1 Å². The molecule has 1 atom stereocenters. The summed E-state index contributed by atoms with van der Waals surface area (Å²) in [4.78, 5) is 5.03. The lowest BCUT2D eigenvalue weighted by Crippen LogP contribution is -2.26. The number of hydrogen-bond donors (Lipinski definition) is 0. The lowest BCUT2D eigenvalue weighted by molar-refractivity contribution is 0.425. The van der Waals surface area contributed by atoms with Crippen LogP contribution in [0.3, 0.4) is 0 Å². The van der Waals surface area contributed by atoms with E-state index in [1.165, 1.54) is 128 Å². The highest BCUT2D eigenvalue weighted by Crippen LogP contribution is 2.66. The molecule has 444 valence electrons. The van der Waals surface area contributed by atoms with E-state index in [0.717, 1.165) is 40.5 Å². The molecule has 94 heavy (non-hydrogen) atoms. The van der Waals surface area contributed by atoms with Gasteiger partial charge in [0.05, 0.1) is 10.8 Å². The third-order valence-electron chi connectivity index (χ3n) is 22.1. The second-order valence-corrected chi connectivity index (χ2v) is 27.4. The fraction of sp³-hybridized carbons (Fsp3) is 0.0870. The molecule has 0 saturated heterocycles. The Morgan fingerprint density at radius 3 is 0.894 bits per heavy atom. The van der Waals surface area contributed by atoms with E-state index in [4.69, 9.17) is 0 Å². The second-order valence-electron chi connectivity index (χ2n) is 27.4. The van der Waals surface area contributed by atoms with Crippen molar-refractivity contribution in [2.24, 2.45) is 0 Å². The Morgan fingerprint density at radius 1 is 0.213 bits per heavy atom. The predicted molar refractivity (Wildman–Crippen MR) is 390 cm³/mol. The largest absolute Gasteiger partial charge is 0.310 e. The number of hydrogen-bond acceptors (Lipinski definition) is 2. The summed E-state index contributed by atoms with van der Waals surface area (Å²) < 4.78 is 0. The maximum atomic E-state index is 2.53. The van der Waals surface area contributed by atoms with E-state index in [1.54, 1.807) is 0 Å². The van der Waals surface area contributed by atoms with Gasteiger partial charge in [0.1, 0.15) is 0 Å². The molecule has 0 amide bonds.